The Hall–Kier alpha value is -3.15. The maximum atomic E-state index is 13.5. The summed E-state index contributed by atoms with van der Waals surface area (Å²) in [5.74, 6) is 2.29. The molecule has 0 bridgehead atoms. The van der Waals surface area contributed by atoms with Crippen molar-refractivity contribution in [2.45, 2.75) is 39.2 Å². The van der Waals surface area contributed by atoms with Crippen molar-refractivity contribution in [3.8, 4) is 0 Å². The Morgan fingerprint density at radius 3 is 2.73 bits per heavy atom. The van der Waals surface area contributed by atoms with Gasteiger partial charge in [0.15, 0.2) is 0 Å². The maximum absolute atomic E-state index is 13.5. The third-order valence-corrected chi connectivity index (χ3v) is 6.26. The first-order valence-electron chi connectivity index (χ1n) is 10.7. The van der Waals surface area contributed by atoms with Crippen LogP contribution in [0.2, 0.25) is 0 Å². The van der Waals surface area contributed by atoms with Gasteiger partial charge in [-0.25, -0.2) is 9.97 Å². The summed E-state index contributed by atoms with van der Waals surface area (Å²) in [6.45, 7) is 6.58. The average molecular weight is 402 g/mol. The Morgan fingerprint density at radius 2 is 1.90 bits per heavy atom. The van der Waals surface area contributed by atoms with Gasteiger partial charge in [-0.05, 0) is 30.2 Å². The number of rotatable bonds is 3. The second-order valence-corrected chi connectivity index (χ2v) is 8.46. The van der Waals surface area contributed by atoms with Gasteiger partial charge in [0.2, 0.25) is 0 Å². The van der Waals surface area contributed by atoms with E-state index in [2.05, 4.69) is 41.4 Å². The number of hydrogen-bond acceptors (Lipinski definition) is 4. The Bertz CT molecular complexity index is 1120. The zero-order valence-corrected chi connectivity index (χ0v) is 17.8. The maximum Gasteiger partial charge on any atom is 0.262 e. The molecular weight excluding hydrogens is 374 g/mol. The fraction of sp³-hybridized carbons (Fsp3) is 0.375. The van der Waals surface area contributed by atoms with Crippen molar-refractivity contribution in [1.82, 2.24) is 14.5 Å². The third kappa shape index (κ3) is 2.98. The van der Waals surface area contributed by atoms with Crippen molar-refractivity contribution in [3.05, 3.63) is 70.9 Å². The lowest BCUT2D eigenvalue weighted by Gasteiger charge is -2.30. The molecule has 0 N–H and O–H groups in total. The molecule has 0 atom stereocenters. The van der Waals surface area contributed by atoms with Crippen molar-refractivity contribution in [2.24, 2.45) is 7.05 Å². The van der Waals surface area contributed by atoms with Crippen LogP contribution in [0.1, 0.15) is 52.9 Å². The molecule has 0 fully saturated rings. The number of fused-ring (bicyclic) bond motifs is 2. The van der Waals surface area contributed by atoms with E-state index in [4.69, 9.17) is 4.98 Å². The van der Waals surface area contributed by atoms with Gasteiger partial charge in [-0.3, -0.25) is 4.79 Å². The molecular formula is C24H27N5O. The van der Waals surface area contributed by atoms with E-state index in [1.54, 1.807) is 6.20 Å². The zero-order chi connectivity index (χ0) is 20.8. The van der Waals surface area contributed by atoms with E-state index in [1.165, 1.54) is 11.3 Å². The summed E-state index contributed by atoms with van der Waals surface area (Å²) in [5, 5.41) is 0. The molecule has 0 saturated heterocycles. The smallest absolute Gasteiger partial charge is 0.262 e. The van der Waals surface area contributed by atoms with Crippen molar-refractivity contribution < 1.29 is 4.79 Å². The predicted molar refractivity (Wildman–Crippen MR) is 118 cm³/mol. The lowest BCUT2D eigenvalue weighted by Crippen LogP contribution is -2.35. The van der Waals surface area contributed by atoms with Gasteiger partial charge in [0.1, 0.15) is 11.6 Å². The van der Waals surface area contributed by atoms with Crippen LogP contribution in [-0.2, 0) is 26.4 Å². The normalized spacial score (nSPS) is 15.5. The van der Waals surface area contributed by atoms with E-state index in [0.717, 1.165) is 42.4 Å². The fourth-order valence-corrected chi connectivity index (χ4v) is 4.76. The van der Waals surface area contributed by atoms with E-state index in [-0.39, 0.29) is 5.91 Å². The summed E-state index contributed by atoms with van der Waals surface area (Å²) < 4.78 is 2.24. The van der Waals surface area contributed by atoms with Crippen molar-refractivity contribution in [2.75, 3.05) is 22.9 Å². The van der Waals surface area contributed by atoms with Gasteiger partial charge < -0.3 is 14.4 Å². The van der Waals surface area contributed by atoms with E-state index in [1.807, 2.05) is 35.2 Å². The van der Waals surface area contributed by atoms with E-state index >= 15 is 0 Å². The van der Waals surface area contributed by atoms with E-state index < -0.39 is 0 Å². The van der Waals surface area contributed by atoms with Crippen LogP contribution in [0.5, 0.6) is 0 Å². The topological polar surface area (TPSA) is 54.3 Å². The molecule has 2 aromatic heterocycles. The number of aromatic nitrogens is 3. The molecule has 6 heteroatoms. The van der Waals surface area contributed by atoms with Crippen molar-refractivity contribution in [1.29, 1.82) is 0 Å². The molecule has 0 radical (unpaired) electrons. The van der Waals surface area contributed by atoms with Gasteiger partial charge in [-0.15, -0.1) is 0 Å². The molecule has 3 aromatic rings. The van der Waals surface area contributed by atoms with Gasteiger partial charge in [-0.2, -0.15) is 0 Å². The molecule has 0 aliphatic carbocycles. The first-order valence-corrected chi connectivity index (χ1v) is 10.7. The van der Waals surface area contributed by atoms with Crippen LogP contribution in [0, 0.1) is 0 Å². The second-order valence-electron chi connectivity index (χ2n) is 8.46. The minimum Gasteiger partial charge on any atom is -0.350 e. The van der Waals surface area contributed by atoms with Crippen LogP contribution < -0.4 is 9.80 Å². The van der Waals surface area contributed by atoms with Crippen LogP contribution >= 0.6 is 0 Å². The molecule has 1 aromatic carbocycles. The summed E-state index contributed by atoms with van der Waals surface area (Å²) in [7, 11) is 2.11. The number of hydrogen-bond donors (Lipinski definition) is 0. The predicted octanol–water partition coefficient (Wildman–Crippen LogP) is 3.70. The van der Waals surface area contributed by atoms with Crippen LogP contribution in [0.3, 0.4) is 0 Å². The summed E-state index contributed by atoms with van der Waals surface area (Å²) in [6, 6.07) is 11.9. The fourth-order valence-electron chi connectivity index (χ4n) is 4.76. The number of carbonyl (C=O) groups is 1. The summed E-state index contributed by atoms with van der Waals surface area (Å²) >= 11 is 0. The monoisotopic (exact) mass is 401 g/mol. The molecule has 0 spiro atoms. The largest absolute Gasteiger partial charge is 0.350 e. The summed E-state index contributed by atoms with van der Waals surface area (Å²) in [6.07, 6.45) is 3.58. The number of pyridine rings is 1. The van der Waals surface area contributed by atoms with Gasteiger partial charge in [0.05, 0.1) is 17.8 Å². The van der Waals surface area contributed by atoms with Crippen LogP contribution in [0.15, 0.2) is 42.6 Å². The molecule has 154 valence electrons. The molecule has 2 aliphatic heterocycles. The lowest BCUT2D eigenvalue weighted by atomic mass is 10.1. The average Bonchev–Trinajstić information content (AvgIpc) is 3.34. The van der Waals surface area contributed by atoms with E-state index in [0.29, 0.717) is 24.6 Å². The highest BCUT2D eigenvalue weighted by Crippen LogP contribution is 2.32. The highest BCUT2D eigenvalue weighted by Gasteiger charge is 2.30. The highest BCUT2D eigenvalue weighted by atomic mass is 16.2. The molecule has 1 amide bonds. The number of carbonyl (C=O) groups excluding carboxylic acids is 1. The number of imidazole rings is 1. The first kappa shape index (κ1) is 18.9. The Morgan fingerprint density at radius 1 is 1.07 bits per heavy atom. The van der Waals surface area contributed by atoms with Gasteiger partial charge in [0, 0.05) is 50.1 Å². The molecule has 2 aliphatic rings. The Labute approximate surface area is 177 Å². The van der Waals surface area contributed by atoms with Crippen LogP contribution in [0.25, 0.3) is 0 Å². The van der Waals surface area contributed by atoms with Crippen molar-refractivity contribution >= 4 is 17.4 Å². The van der Waals surface area contributed by atoms with Crippen LogP contribution in [0.4, 0.5) is 11.5 Å². The highest BCUT2D eigenvalue weighted by molar-refractivity contribution is 6.10. The molecule has 5 rings (SSSR count). The number of amides is 1. The molecule has 0 unspecified atom stereocenters. The molecule has 6 nitrogen and oxygen atoms in total. The molecule has 30 heavy (non-hydrogen) atoms. The van der Waals surface area contributed by atoms with Gasteiger partial charge in [0.25, 0.3) is 5.91 Å². The second kappa shape index (κ2) is 7.27. The summed E-state index contributed by atoms with van der Waals surface area (Å²) in [5.41, 5.74) is 5.31. The Kier molecular flexibility index (Phi) is 4.57. The number of benzene rings is 1. The SMILES string of the molecule is CC(C)c1nc2c(n1C)CCN(c1ncccc1C(=O)N1CCc3ccccc31)C2. The van der Waals surface area contributed by atoms with E-state index in [9.17, 15) is 4.79 Å². The van der Waals surface area contributed by atoms with Crippen molar-refractivity contribution in [3.63, 3.8) is 0 Å². The first-order chi connectivity index (χ1) is 14.5. The number of anilines is 2. The Balaban J connectivity index is 1.46. The minimum atomic E-state index is 0.0257. The molecule has 4 heterocycles. The number of para-hydroxylation sites is 1. The van der Waals surface area contributed by atoms with Gasteiger partial charge in [-0.1, -0.05) is 32.0 Å². The number of nitrogens with zero attached hydrogens (tertiary/aromatic N) is 5. The molecule has 0 saturated carbocycles. The quantitative estimate of drug-likeness (QED) is 0.671. The minimum absolute atomic E-state index is 0.0257. The third-order valence-electron chi connectivity index (χ3n) is 6.26. The lowest BCUT2D eigenvalue weighted by molar-refractivity contribution is 0.0989. The van der Waals surface area contributed by atoms with Gasteiger partial charge >= 0.3 is 0 Å². The standard InChI is InChI=1S/C24H27N5O/c1-16(2)22-26-19-15-28(13-11-21(19)27(22)3)23-18(8-6-12-25-23)24(30)29-14-10-17-7-4-5-9-20(17)29/h4-9,12,16H,10-11,13-15H2,1-3H3. The zero-order valence-electron chi connectivity index (χ0n) is 17.8. The van der Waals surface area contributed by atoms with Crippen LogP contribution in [-0.4, -0.2) is 33.5 Å². The summed E-state index contributed by atoms with van der Waals surface area (Å²) in [4.78, 5) is 27.1.